The molecule has 25 heavy (non-hydrogen) atoms. The lowest BCUT2D eigenvalue weighted by Crippen LogP contribution is -2.30. The van der Waals surface area contributed by atoms with Gasteiger partial charge in [-0.15, -0.1) is 37.1 Å². The van der Waals surface area contributed by atoms with Gasteiger partial charge in [0.05, 0.1) is 0 Å². The molecule has 142 valence electrons. The maximum Gasteiger partial charge on any atom is 0.573 e. The molecule has 0 spiro atoms. The monoisotopic (exact) mass is 472 g/mol. The van der Waals surface area contributed by atoms with Gasteiger partial charge in [0.2, 0.25) is 0 Å². The van der Waals surface area contributed by atoms with E-state index in [1.165, 1.54) is 37.1 Å². The zero-order valence-corrected chi connectivity index (χ0v) is 16.4. The van der Waals surface area contributed by atoms with E-state index in [9.17, 15) is 13.2 Å². The molecule has 0 radical (unpaired) electrons. The third kappa shape index (κ3) is 8.61. The molecule has 1 heterocycles. The number of anilines is 1. The molecule has 1 aromatic rings. The summed E-state index contributed by atoms with van der Waals surface area (Å²) in [6.07, 6.45) is -1.34. The van der Waals surface area contributed by atoms with E-state index in [1.54, 1.807) is 0 Å². The lowest BCUT2D eigenvalue weighted by Gasteiger charge is -2.28. The molecule has 0 unspecified atom stereocenters. The van der Waals surface area contributed by atoms with Gasteiger partial charge < -0.3 is 20.7 Å². The lowest BCUT2D eigenvalue weighted by atomic mass is 9.94. The van der Waals surface area contributed by atoms with Crippen LogP contribution in [0.1, 0.15) is 19.3 Å². The number of ether oxygens (including phenoxy) is 1. The Morgan fingerprint density at radius 3 is 2.44 bits per heavy atom. The zero-order valence-electron chi connectivity index (χ0n) is 14.1. The predicted molar refractivity (Wildman–Crippen MR) is 103 cm³/mol. The van der Waals surface area contributed by atoms with Crippen LogP contribution in [0.5, 0.6) is 5.75 Å². The fourth-order valence-corrected chi connectivity index (χ4v) is 2.65. The molecule has 1 fully saturated rings. The summed E-state index contributed by atoms with van der Waals surface area (Å²) in [6, 6.07) is 5.37. The second kappa shape index (κ2) is 10.0. The largest absolute Gasteiger partial charge is 0.573 e. The Labute approximate surface area is 162 Å². The van der Waals surface area contributed by atoms with Crippen molar-refractivity contribution in [2.45, 2.75) is 25.6 Å². The number of nitrogens with one attached hydrogen (secondary N) is 1. The van der Waals surface area contributed by atoms with Crippen molar-refractivity contribution >= 4 is 35.6 Å². The number of likely N-dealkylation sites (tertiary alicyclic amines) is 1. The number of hydrogen-bond donors (Lipinski definition) is 2. The highest BCUT2D eigenvalue weighted by Crippen LogP contribution is 2.24. The number of guanidine groups is 1. The molecule has 5 nitrogen and oxygen atoms in total. The van der Waals surface area contributed by atoms with Crippen LogP contribution in [0, 0.1) is 5.92 Å². The summed E-state index contributed by atoms with van der Waals surface area (Å²) in [5.41, 5.74) is 6.36. The normalized spacial score (nSPS) is 17.0. The molecule has 0 aliphatic carbocycles. The van der Waals surface area contributed by atoms with Crippen molar-refractivity contribution in [2.75, 3.05) is 32.0 Å². The van der Waals surface area contributed by atoms with Crippen LogP contribution in [0.3, 0.4) is 0 Å². The van der Waals surface area contributed by atoms with E-state index in [2.05, 4.69) is 27.0 Å². The highest BCUT2D eigenvalue weighted by molar-refractivity contribution is 14.0. The Hall–Kier alpha value is -1.23. The second-order valence-electron chi connectivity index (χ2n) is 6.00. The smallest absolute Gasteiger partial charge is 0.406 e. The maximum atomic E-state index is 12.1. The van der Waals surface area contributed by atoms with Crippen molar-refractivity contribution in [3.63, 3.8) is 0 Å². The van der Waals surface area contributed by atoms with Crippen molar-refractivity contribution in [3.05, 3.63) is 24.3 Å². The van der Waals surface area contributed by atoms with Crippen LogP contribution in [0.4, 0.5) is 18.9 Å². The van der Waals surface area contributed by atoms with E-state index in [0.29, 0.717) is 18.2 Å². The predicted octanol–water partition coefficient (Wildman–Crippen LogP) is 3.66. The third-order valence-corrected chi connectivity index (χ3v) is 4.02. The minimum Gasteiger partial charge on any atom is -0.406 e. The number of benzene rings is 1. The van der Waals surface area contributed by atoms with Gasteiger partial charge in [-0.25, -0.2) is 0 Å². The molecule has 1 aliphatic rings. The fraction of sp³-hybridized carbons (Fsp3) is 0.562. The Kier molecular flexibility index (Phi) is 8.77. The average molecular weight is 472 g/mol. The molecule has 2 rings (SSSR count). The summed E-state index contributed by atoms with van der Waals surface area (Å²) in [4.78, 5) is 6.59. The zero-order chi connectivity index (χ0) is 17.6. The van der Waals surface area contributed by atoms with E-state index in [4.69, 9.17) is 5.73 Å². The van der Waals surface area contributed by atoms with Crippen LogP contribution in [-0.4, -0.2) is 43.9 Å². The van der Waals surface area contributed by atoms with Crippen LogP contribution >= 0.6 is 24.0 Å². The van der Waals surface area contributed by atoms with Gasteiger partial charge in [-0.1, -0.05) is 0 Å². The van der Waals surface area contributed by atoms with Crippen molar-refractivity contribution in [1.82, 2.24) is 4.90 Å². The average Bonchev–Trinajstić information content (AvgIpc) is 2.50. The molecule has 0 aromatic heterocycles. The molecule has 0 amide bonds. The third-order valence-electron chi connectivity index (χ3n) is 4.02. The van der Waals surface area contributed by atoms with Gasteiger partial charge in [0.1, 0.15) is 5.75 Å². The highest BCUT2D eigenvalue weighted by Gasteiger charge is 2.30. The van der Waals surface area contributed by atoms with Crippen LogP contribution in [0.15, 0.2) is 29.3 Å². The first-order valence-corrected chi connectivity index (χ1v) is 7.93. The molecular formula is C16H24F3IN4O. The van der Waals surface area contributed by atoms with Crippen molar-refractivity contribution in [3.8, 4) is 5.75 Å². The molecule has 9 heteroatoms. The number of aliphatic imine (C=N–C) groups is 1. The molecule has 1 aromatic carbocycles. The number of nitrogens with zero attached hydrogens (tertiary/aromatic N) is 2. The summed E-state index contributed by atoms with van der Waals surface area (Å²) in [6.45, 7) is 2.88. The van der Waals surface area contributed by atoms with Gasteiger partial charge in [-0.05, 0) is 69.6 Å². The van der Waals surface area contributed by atoms with E-state index in [1.807, 2.05) is 0 Å². The molecule has 3 N–H and O–H groups in total. The van der Waals surface area contributed by atoms with E-state index in [-0.39, 0.29) is 35.7 Å². The van der Waals surface area contributed by atoms with Gasteiger partial charge in [0.25, 0.3) is 0 Å². The molecular weight excluding hydrogens is 448 g/mol. The van der Waals surface area contributed by atoms with Gasteiger partial charge >= 0.3 is 6.36 Å². The Balaban J connectivity index is 0.00000312. The van der Waals surface area contributed by atoms with Crippen molar-refractivity contribution in [1.29, 1.82) is 0 Å². The minimum absolute atomic E-state index is 0. The number of halogens is 4. The maximum absolute atomic E-state index is 12.1. The van der Waals surface area contributed by atoms with Crippen LogP contribution in [0.2, 0.25) is 0 Å². The van der Waals surface area contributed by atoms with E-state index < -0.39 is 6.36 Å². The lowest BCUT2D eigenvalue weighted by molar-refractivity contribution is -0.274. The topological polar surface area (TPSA) is 62.9 Å². The summed E-state index contributed by atoms with van der Waals surface area (Å²) >= 11 is 0. The molecule has 0 bridgehead atoms. The number of nitrogens with two attached hydrogens (primary N) is 1. The second-order valence-corrected chi connectivity index (χ2v) is 6.00. The van der Waals surface area contributed by atoms with Crippen LogP contribution in [0.25, 0.3) is 0 Å². The van der Waals surface area contributed by atoms with Crippen LogP contribution in [-0.2, 0) is 0 Å². The first-order valence-electron chi connectivity index (χ1n) is 7.93. The molecule has 0 atom stereocenters. The number of rotatable bonds is 5. The summed E-state index contributed by atoms with van der Waals surface area (Å²) < 4.78 is 40.1. The molecule has 0 saturated carbocycles. The molecule has 1 aliphatic heterocycles. The fourth-order valence-electron chi connectivity index (χ4n) is 2.65. The van der Waals surface area contributed by atoms with Gasteiger partial charge in [-0.3, -0.25) is 4.99 Å². The Morgan fingerprint density at radius 2 is 1.88 bits per heavy atom. The van der Waals surface area contributed by atoms with Gasteiger partial charge in [0, 0.05) is 12.2 Å². The first kappa shape index (κ1) is 21.8. The van der Waals surface area contributed by atoms with Crippen LogP contribution < -0.4 is 15.8 Å². The van der Waals surface area contributed by atoms with Gasteiger partial charge in [0.15, 0.2) is 5.96 Å². The van der Waals surface area contributed by atoms with Crippen molar-refractivity contribution < 1.29 is 17.9 Å². The number of alkyl halides is 3. The molecule has 1 saturated heterocycles. The number of hydrogen-bond acceptors (Lipinski definition) is 3. The summed E-state index contributed by atoms with van der Waals surface area (Å²) in [5, 5.41) is 2.86. The minimum atomic E-state index is -4.69. The summed E-state index contributed by atoms with van der Waals surface area (Å²) in [7, 11) is 2.13. The Bertz CT molecular complexity index is 543. The number of piperidine rings is 1. The van der Waals surface area contributed by atoms with E-state index >= 15 is 0 Å². The van der Waals surface area contributed by atoms with Gasteiger partial charge in [-0.2, -0.15) is 0 Å². The highest BCUT2D eigenvalue weighted by atomic mass is 127. The SMILES string of the molecule is CN1CCC(CCN=C(N)Nc2ccc(OC(F)(F)F)cc2)CC1.I. The Morgan fingerprint density at radius 1 is 1.28 bits per heavy atom. The quantitative estimate of drug-likeness (QED) is 0.390. The van der Waals surface area contributed by atoms with Crippen molar-refractivity contribution in [2.24, 2.45) is 16.6 Å². The summed E-state index contributed by atoms with van der Waals surface area (Å²) in [5.74, 6) is 0.662. The first-order chi connectivity index (χ1) is 11.3. The van der Waals surface area contributed by atoms with E-state index in [0.717, 1.165) is 19.5 Å². The standard InChI is InChI=1S/C16H23F3N4O.HI/c1-23-10-7-12(8-11-23)6-9-21-15(20)22-13-2-4-14(5-3-13)24-16(17,18)19;/h2-5,12H,6-11H2,1H3,(H3,20,21,22);1H.